The van der Waals surface area contributed by atoms with Gasteiger partial charge in [0.05, 0.1) is 11.0 Å². The van der Waals surface area contributed by atoms with E-state index in [2.05, 4.69) is 5.32 Å². The largest absolute Gasteiger partial charge is 0.416 e. The minimum atomic E-state index is -4.41. The van der Waals surface area contributed by atoms with Crippen molar-refractivity contribution in [3.63, 3.8) is 0 Å². The van der Waals surface area contributed by atoms with E-state index < -0.39 is 17.2 Å². The van der Waals surface area contributed by atoms with Crippen LogP contribution in [0.2, 0.25) is 0 Å². The first-order valence-corrected chi connectivity index (χ1v) is 8.12. The van der Waals surface area contributed by atoms with E-state index in [0.29, 0.717) is 37.1 Å². The van der Waals surface area contributed by atoms with Crippen molar-refractivity contribution >= 4 is 24.0 Å². The Morgan fingerprint density at radius 3 is 2.35 bits per heavy atom. The maximum Gasteiger partial charge on any atom is 0.416 e. The van der Waals surface area contributed by atoms with Crippen LogP contribution in [-0.2, 0) is 22.8 Å². The van der Waals surface area contributed by atoms with E-state index in [0.717, 1.165) is 17.7 Å². The van der Waals surface area contributed by atoms with E-state index in [4.69, 9.17) is 5.73 Å². The first kappa shape index (κ1) is 20.1. The summed E-state index contributed by atoms with van der Waals surface area (Å²) in [6.45, 7) is 0.434. The van der Waals surface area contributed by atoms with Crippen LogP contribution in [0.1, 0.15) is 29.5 Å². The molecule has 0 bridgehead atoms. The Morgan fingerprint density at radius 1 is 1.12 bits per heavy atom. The standard InChI is InChI=1S/C19H19F3N2O.ClH/c20-19(21,22)15-3-1-2-14(12-15)18(9-10-18)17(25)24-11-8-13-4-6-16(23)7-5-13;/h1-7,12H,8-11,23H2,(H,24,25);1H. The molecule has 1 saturated carbocycles. The highest BCUT2D eigenvalue weighted by atomic mass is 35.5. The van der Waals surface area contributed by atoms with Gasteiger partial charge in [0.25, 0.3) is 0 Å². The number of nitrogens with two attached hydrogens (primary N) is 1. The van der Waals surface area contributed by atoms with Crippen molar-refractivity contribution in [3.05, 3.63) is 65.2 Å². The van der Waals surface area contributed by atoms with Gasteiger partial charge in [0.1, 0.15) is 0 Å². The third-order valence-electron chi connectivity index (χ3n) is 4.61. The number of carbonyl (C=O) groups is 1. The minimum absolute atomic E-state index is 0. The maximum absolute atomic E-state index is 12.9. The van der Waals surface area contributed by atoms with Gasteiger partial charge in [-0.15, -0.1) is 12.4 Å². The highest BCUT2D eigenvalue weighted by Gasteiger charge is 2.51. The summed E-state index contributed by atoms with van der Waals surface area (Å²) in [5.74, 6) is -0.206. The SMILES string of the molecule is Cl.Nc1ccc(CCNC(=O)C2(c3cccc(C(F)(F)F)c3)CC2)cc1. The summed E-state index contributed by atoms with van der Waals surface area (Å²) in [5.41, 5.74) is 6.25. The number of amides is 1. The molecule has 2 aromatic rings. The molecule has 1 aliphatic rings. The van der Waals surface area contributed by atoms with Crippen molar-refractivity contribution in [2.45, 2.75) is 30.9 Å². The summed E-state index contributed by atoms with van der Waals surface area (Å²) in [4.78, 5) is 12.5. The lowest BCUT2D eigenvalue weighted by atomic mass is 9.93. The number of hydrogen-bond donors (Lipinski definition) is 2. The number of hydrogen-bond acceptors (Lipinski definition) is 2. The Bertz CT molecular complexity index is 771. The molecule has 0 radical (unpaired) electrons. The molecule has 26 heavy (non-hydrogen) atoms. The van der Waals surface area contributed by atoms with Gasteiger partial charge >= 0.3 is 6.18 Å². The van der Waals surface area contributed by atoms with E-state index in [1.54, 1.807) is 18.2 Å². The normalized spacial score (nSPS) is 15.0. The fourth-order valence-electron chi connectivity index (χ4n) is 2.94. The first-order valence-electron chi connectivity index (χ1n) is 8.12. The topological polar surface area (TPSA) is 55.1 Å². The van der Waals surface area contributed by atoms with Crippen LogP contribution in [-0.4, -0.2) is 12.5 Å². The molecule has 3 N–H and O–H groups in total. The number of benzene rings is 2. The highest BCUT2D eigenvalue weighted by Crippen LogP contribution is 2.49. The summed E-state index contributed by atoms with van der Waals surface area (Å²) in [7, 11) is 0. The van der Waals surface area contributed by atoms with Crippen molar-refractivity contribution < 1.29 is 18.0 Å². The van der Waals surface area contributed by atoms with Gasteiger partial charge in [0.15, 0.2) is 0 Å². The average molecular weight is 385 g/mol. The van der Waals surface area contributed by atoms with Gasteiger partial charge in [-0.1, -0.05) is 30.3 Å². The summed E-state index contributed by atoms with van der Waals surface area (Å²) >= 11 is 0. The molecular weight excluding hydrogens is 365 g/mol. The second-order valence-corrected chi connectivity index (χ2v) is 6.41. The van der Waals surface area contributed by atoms with Crippen LogP contribution < -0.4 is 11.1 Å². The molecule has 0 aliphatic heterocycles. The number of rotatable bonds is 5. The van der Waals surface area contributed by atoms with Gasteiger partial charge in [-0.2, -0.15) is 13.2 Å². The van der Waals surface area contributed by atoms with Crippen LogP contribution in [0.5, 0.6) is 0 Å². The minimum Gasteiger partial charge on any atom is -0.399 e. The van der Waals surface area contributed by atoms with E-state index in [1.165, 1.54) is 6.07 Å². The molecule has 1 amide bonds. The average Bonchev–Trinajstić information content (AvgIpc) is 3.38. The number of nitrogens with one attached hydrogen (secondary N) is 1. The van der Waals surface area contributed by atoms with Gasteiger partial charge in [0, 0.05) is 12.2 Å². The molecule has 7 heteroatoms. The van der Waals surface area contributed by atoms with Gasteiger partial charge in [-0.3, -0.25) is 4.79 Å². The smallest absolute Gasteiger partial charge is 0.399 e. The summed E-state index contributed by atoms with van der Waals surface area (Å²) in [6.07, 6.45) is -2.62. The third kappa shape index (κ3) is 4.30. The second-order valence-electron chi connectivity index (χ2n) is 6.41. The van der Waals surface area contributed by atoms with Crippen molar-refractivity contribution in [1.82, 2.24) is 5.32 Å². The molecule has 1 aliphatic carbocycles. The zero-order valence-electron chi connectivity index (χ0n) is 14.0. The Kier molecular flexibility index (Phi) is 5.86. The molecule has 3 nitrogen and oxygen atoms in total. The molecule has 0 atom stereocenters. The fraction of sp³-hybridized carbons (Fsp3) is 0.316. The van der Waals surface area contributed by atoms with Crippen LogP contribution >= 0.6 is 12.4 Å². The van der Waals surface area contributed by atoms with Crippen LogP contribution in [0.4, 0.5) is 18.9 Å². The molecule has 3 rings (SSSR count). The summed E-state index contributed by atoms with van der Waals surface area (Å²) < 4.78 is 38.7. The van der Waals surface area contributed by atoms with Gasteiger partial charge in [-0.05, 0) is 48.6 Å². The lowest BCUT2D eigenvalue weighted by Gasteiger charge is -2.17. The molecule has 2 aromatic carbocycles. The number of carbonyl (C=O) groups excluding carboxylic acids is 1. The fourth-order valence-corrected chi connectivity index (χ4v) is 2.94. The number of anilines is 1. The van der Waals surface area contributed by atoms with Gasteiger partial charge in [0.2, 0.25) is 5.91 Å². The monoisotopic (exact) mass is 384 g/mol. The van der Waals surface area contributed by atoms with Gasteiger partial charge in [-0.25, -0.2) is 0 Å². The van der Waals surface area contributed by atoms with Crippen LogP contribution in [0.25, 0.3) is 0 Å². The molecule has 0 unspecified atom stereocenters. The quantitative estimate of drug-likeness (QED) is 0.762. The Hall–Kier alpha value is -2.21. The third-order valence-corrected chi connectivity index (χ3v) is 4.61. The Morgan fingerprint density at radius 2 is 1.77 bits per heavy atom. The first-order chi connectivity index (χ1) is 11.8. The van der Waals surface area contributed by atoms with Crippen molar-refractivity contribution in [2.24, 2.45) is 0 Å². The van der Waals surface area contributed by atoms with Crippen LogP contribution in [0.15, 0.2) is 48.5 Å². The number of nitrogen functional groups attached to an aromatic ring is 1. The van der Waals surface area contributed by atoms with Crippen molar-refractivity contribution in [2.75, 3.05) is 12.3 Å². The molecule has 140 valence electrons. The number of halogens is 4. The molecule has 0 spiro atoms. The molecular formula is C19H20ClF3N2O. The van der Waals surface area contributed by atoms with Gasteiger partial charge < -0.3 is 11.1 Å². The van der Waals surface area contributed by atoms with E-state index in [9.17, 15) is 18.0 Å². The predicted molar refractivity (Wildman–Crippen MR) is 97.2 cm³/mol. The lowest BCUT2D eigenvalue weighted by molar-refractivity contribution is -0.137. The highest BCUT2D eigenvalue weighted by molar-refractivity contribution is 5.91. The maximum atomic E-state index is 12.9. The summed E-state index contributed by atoms with van der Waals surface area (Å²) in [5, 5.41) is 2.85. The van der Waals surface area contributed by atoms with E-state index in [-0.39, 0.29) is 18.3 Å². The second kappa shape index (κ2) is 7.58. The molecule has 0 heterocycles. The zero-order valence-corrected chi connectivity index (χ0v) is 14.8. The zero-order chi connectivity index (χ0) is 18.1. The predicted octanol–water partition coefficient (Wildman–Crippen LogP) is 4.10. The van der Waals surface area contributed by atoms with Crippen LogP contribution in [0, 0.1) is 0 Å². The van der Waals surface area contributed by atoms with Crippen molar-refractivity contribution in [1.29, 1.82) is 0 Å². The molecule has 0 saturated heterocycles. The molecule has 1 fully saturated rings. The van der Waals surface area contributed by atoms with E-state index in [1.807, 2.05) is 12.1 Å². The lowest BCUT2D eigenvalue weighted by Crippen LogP contribution is -2.36. The summed E-state index contributed by atoms with van der Waals surface area (Å²) in [6, 6.07) is 12.4. The Balaban J connectivity index is 0.00000243. The van der Waals surface area contributed by atoms with Crippen molar-refractivity contribution in [3.8, 4) is 0 Å². The molecule has 0 aromatic heterocycles. The number of alkyl halides is 3. The van der Waals surface area contributed by atoms with Crippen LogP contribution in [0.3, 0.4) is 0 Å². The van der Waals surface area contributed by atoms with E-state index >= 15 is 0 Å². The Labute approximate surface area is 156 Å².